The number of hydrogen-bond acceptors (Lipinski definition) is 9. The molecule has 0 aromatic rings. The maximum atomic E-state index is 11.5. The first-order valence-electron chi connectivity index (χ1n) is 10.9. The molecule has 0 fully saturated rings. The van der Waals surface area contributed by atoms with Crippen molar-refractivity contribution in [3.05, 3.63) is 0 Å². The Morgan fingerprint density at radius 1 is 0.484 bits per heavy atom. The highest BCUT2D eigenvalue weighted by Gasteiger charge is 2.19. The van der Waals surface area contributed by atoms with Crippen LogP contribution in [0.4, 0.5) is 0 Å². The quantitative estimate of drug-likeness (QED) is 0.170. The van der Waals surface area contributed by atoms with Gasteiger partial charge in [0.1, 0.15) is 6.61 Å². The molecule has 31 heavy (non-hydrogen) atoms. The van der Waals surface area contributed by atoms with E-state index in [1.54, 1.807) is 0 Å². The summed E-state index contributed by atoms with van der Waals surface area (Å²) in [7, 11) is -3.28. The first-order chi connectivity index (χ1) is 14.6. The number of ether oxygens (including phenoxy) is 6. The summed E-state index contributed by atoms with van der Waals surface area (Å²) in [4.78, 5) is 11.5. The number of carbonyl (C=O) groups excluding carboxylic acids is 1. The molecule has 0 radical (unpaired) electrons. The van der Waals surface area contributed by atoms with Gasteiger partial charge in [0.25, 0.3) is 0 Å². The lowest BCUT2D eigenvalue weighted by Crippen LogP contribution is -2.31. The summed E-state index contributed by atoms with van der Waals surface area (Å²) in [6.07, 6.45) is 0. The third kappa shape index (κ3) is 27.6. The molecule has 0 spiro atoms. The molecule has 0 heterocycles. The molecule has 0 amide bonds. The molecule has 0 aromatic carbocycles. The van der Waals surface area contributed by atoms with E-state index in [4.69, 9.17) is 37.3 Å². The SMILES string of the molecule is C[Si](C)(C)OCCOCCOCCOCCOCCOCCOCC(=O)O[Si](C)(C)C. The minimum Gasteiger partial charge on any atom is -0.518 e. The van der Waals surface area contributed by atoms with Crippen LogP contribution in [0.1, 0.15) is 0 Å². The Morgan fingerprint density at radius 2 is 0.806 bits per heavy atom. The standard InChI is InChI=1S/C20H44O9Si2/c1-30(2,3)28-18-17-26-14-13-24-10-9-22-7-8-23-11-12-25-15-16-27-19-20(21)29-31(4,5)6/h7-19H2,1-6H3. The van der Waals surface area contributed by atoms with Crippen molar-refractivity contribution in [3.8, 4) is 0 Å². The van der Waals surface area contributed by atoms with Crippen LogP contribution in [0.2, 0.25) is 39.3 Å². The summed E-state index contributed by atoms with van der Waals surface area (Å²) < 4.78 is 43.3. The second-order valence-corrected chi connectivity index (χ2v) is 17.6. The molecule has 0 aliphatic heterocycles. The monoisotopic (exact) mass is 484 g/mol. The van der Waals surface area contributed by atoms with Crippen molar-refractivity contribution in [3.63, 3.8) is 0 Å². The van der Waals surface area contributed by atoms with Crippen molar-refractivity contribution in [2.75, 3.05) is 85.9 Å². The van der Waals surface area contributed by atoms with Gasteiger partial charge >= 0.3 is 5.97 Å². The van der Waals surface area contributed by atoms with Gasteiger partial charge in [-0.15, -0.1) is 0 Å². The van der Waals surface area contributed by atoms with E-state index in [9.17, 15) is 4.79 Å². The third-order valence-electron chi connectivity index (χ3n) is 3.26. The Bertz CT molecular complexity index is 426. The lowest BCUT2D eigenvalue weighted by molar-refractivity contribution is -0.140. The maximum absolute atomic E-state index is 11.5. The van der Waals surface area contributed by atoms with Gasteiger partial charge in [-0.2, -0.15) is 0 Å². The van der Waals surface area contributed by atoms with Crippen LogP contribution in [-0.4, -0.2) is 108 Å². The van der Waals surface area contributed by atoms with Gasteiger partial charge in [0.15, 0.2) is 8.32 Å². The van der Waals surface area contributed by atoms with E-state index in [0.717, 1.165) is 0 Å². The number of carbonyl (C=O) groups is 1. The van der Waals surface area contributed by atoms with Crippen molar-refractivity contribution >= 4 is 22.6 Å². The average molecular weight is 485 g/mol. The van der Waals surface area contributed by atoms with E-state index >= 15 is 0 Å². The second kappa shape index (κ2) is 19.1. The van der Waals surface area contributed by atoms with Crippen LogP contribution in [0.25, 0.3) is 0 Å². The van der Waals surface area contributed by atoms with Crippen LogP contribution in [0.3, 0.4) is 0 Å². The minimum absolute atomic E-state index is 0.0358. The predicted octanol–water partition coefficient (Wildman–Crippen LogP) is 2.32. The fourth-order valence-electron chi connectivity index (χ4n) is 2.03. The summed E-state index contributed by atoms with van der Waals surface area (Å²) in [6.45, 7) is 18.4. The molecule has 0 bridgehead atoms. The van der Waals surface area contributed by atoms with Gasteiger partial charge in [-0.25, -0.2) is 0 Å². The first-order valence-corrected chi connectivity index (χ1v) is 17.7. The Hall–Kier alpha value is -0.376. The largest absolute Gasteiger partial charge is 0.518 e. The highest BCUT2D eigenvalue weighted by Crippen LogP contribution is 2.03. The highest BCUT2D eigenvalue weighted by molar-refractivity contribution is 6.71. The van der Waals surface area contributed by atoms with Crippen LogP contribution in [0.5, 0.6) is 0 Å². The zero-order valence-electron chi connectivity index (χ0n) is 20.4. The van der Waals surface area contributed by atoms with Crippen LogP contribution in [0.15, 0.2) is 0 Å². The Kier molecular flexibility index (Phi) is 18.9. The average Bonchev–Trinajstić information content (AvgIpc) is 2.64. The predicted molar refractivity (Wildman–Crippen MR) is 124 cm³/mol. The fourth-order valence-corrected chi connectivity index (χ4v) is 3.47. The minimum atomic E-state index is -1.84. The summed E-state index contributed by atoms with van der Waals surface area (Å²) in [5.41, 5.74) is 0. The van der Waals surface area contributed by atoms with Gasteiger partial charge in [-0.3, -0.25) is 4.79 Å². The van der Waals surface area contributed by atoms with Gasteiger partial charge in [-0.1, -0.05) is 0 Å². The summed E-state index contributed by atoms with van der Waals surface area (Å²) in [5, 5.41) is 0. The van der Waals surface area contributed by atoms with E-state index in [1.807, 2.05) is 19.6 Å². The maximum Gasteiger partial charge on any atom is 0.318 e. The molecule has 186 valence electrons. The van der Waals surface area contributed by atoms with Crippen LogP contribution in [-0.2, 0) is 42.1 Å². The molecule has 0 rings (SSSR count). The van der Waals surface area contributed by atoms with Gasteiger partial charge in [-0.05, 0) is 39.3 Å². The zero-order valence-corrected chi connectivity index (χ0v) is 22.4. The fraction of sp³-hybridized carbons (Fsp3) is 0.950. The smallest absolute Gasteiger partial charge is 0.318 e. The van der Waals surface area contributed by atoms with Crippen molar-refractivity contribution in [1.82, 2.24) is 0 Å². The molecular weight excluding hydrogens is 440 g/mol. The van der Waals surface area contributed by atoms with E-state index in [1.165, 1.54) is 0 Å². The van der Waals surface area contributed by atoms with Crippen molar-refractivity contribution in [2.45, 2.75) is 39.3 Å². The van der Waals surface area contributed by atoms with Gasteiger partial charge < -0.3 is 37.3 Å². The number of rotatable bonds is 22. The molecule has 0 aliphatic rings. The zero-order chi connectivity index (χ0) is 23.4. The van der Waals surface area contributed by atoms with Crippen LogP contribution >= 0.6 is 0 Å². The molecule has 9 nitrogen and oxygen atoms in total. The van der Waals surface area contributed by atoms with Gasteiger partial charge in [0, 0.05) is 0 Å². The Balaban J connectivity index is 3.15. The van der Waals surface area contributed by atoms with Crippen LogP contribution < -0.4 is 0 Å². The molecule has 0 aromatic heterocycles. The summed E-state index contributed by atoms with van der Waals surface area (Å²) >= 11 is 0. The van der Waals surface area contributed by atoms with Crippen molar-refractivity contribution in [1.29, 1.82) is 0 Å². The summed E-state index contributed by atoms with van der Waals surface area (Å²) in [6, 6.07) is 0. The molecule has 0 saturated heterocycles. The van der Waals surface area contributed by atoms with E-state index < -0.39 is 16.6 Å². The van der Waals surface area contributed by atoms with Crippen LogP contribution in [0, 0.1) is 0 Å². The topological polar surface area (TPSA) is 90.9 Å². The van der Waals surface area contributed by atoms with Gasteiger partial charge in [0.05, 0.1) is 79.3 Å². The first kappa shape index (κ1) is 30.6. The molecule has 0 N–H and O–H groups in total. The molecule has 0 aliphatic carbocycles. The third-order valence-corrected chi connectivity index (χ3v) is 5.17. The molecular formula is C20H44O9Si2. The Labute approximate surface area is 190 Å². The van der Waals surface area contributed by atoms with E-state index in [-0.39, 0.29) is 12.6 Å². The Morgan fingerprint density at radius 3 is 1.13 bits per heavy atom. The lowest BCUT2D eigenvalue weighted by Gasteiger charge is -2.17. The summed E-state index contributed by atoms with van der Waals surface area (Å²) in [5.74, 6) is -0.316. The van der Waals surface area contributed by atoms with Crippen molar-refractivity contribution < 1.29 is 42.1 Å². The number of hydrogen-bond donors (Lipinski definition) is 0. The molecule has 0 saturated carbocycles. The normalized spacial score (nSPS) is 12.3. The molecule has 0 unspecified atom stereocenters. The van der Waals surface area contributed by atoms with E-state index in [0.29, 0.717) is 79.3 Å². The van der Waals surface area contributed by atoms with E-state index in [2.05, 4.69) is 19.6 Å². The molecule has 0 atom stereocenters. The molecule has 11 heteroatoms. The second-order valence-electron chi connectivity index (χ2n) is 8.66. The van der Waals surface area contributed by atoms with Crippen molar-refractivity contribution in [2.24, 2.45) is 0 Å². The lowest BCUT2D eigenvalue weighted by atomic mass is 10.6. The van der Waals surface area contributed by atoms with Gasteiger partial charge in [0.2, 0.25) is 8.32 Å². The highest BCUT2D eigenvalue weighted by atomic mass is 28.4.